The summed E-state index contributed by atoms with van der Waals surface area (Å²) >= 11 is 0. The van der Waals surface area contributed by atoms with Crippen LogP contribution < -0.4 is 0 Å². The van der Waals surface area contributed by atoms with Crippen molar-refractivity contribution in [1.29, 1.82) is 0 Å². The van der Waals surface area contributed by atoms with Crippen LogP contribution >= 0.6 is 0 Å². The number of carbonyl (C=O) groups excluding carboxylic acids is 1. The Kier molecular flexibility index (Phi) is 24.1. The third kappa shape index (κ3) is 20.5. The van der Waals surface area contributed by atoms with Crippen LogP contribution in [0.5, 0.6) is 0 Å². The average molecular weight is 332 g/mol. The predicted octanol–water partition coefficient (Wildman–Crippen LogP) is 6.44. The Morgan fingerprint density at radius 2 is 0.850 bits per heavy atom. The molecule has 0 saturated carbocycles. The van der Waals surface area contributed by atoms with Gasteiger partial charge < -0.3 is 4.79 Å². The molecule has 0 aromatic heterocycles. The first-order chi connectivity index (χ1) is 9.41. The molecule has 0 unspecified atom stereocenters. The van der Waals surface area contributed by atoms with Crippen molar-refractivity contribution in [2.24, 2.45) is 0 Å². The van der Waals surface area contributed by atoms with Crippen LogP contribution in [0.1, 0.15) is 110 Å². The smallest absolute Gasteiger partial charge is 0.119 e. The first kappa shape index (κ1) is 22.5. The molecule has 0 N–H and O–H groups in total. The fourth-order valence-corrected chi connectivity index (χ4v) is 2.60. The molecule has 0 aliphatic rings. The minimum Gasteiger partial charge on any atom is -0.303 e. The second-order valence-corrected chi connectivity index (χ2v) is 5.91. The SMILES string of the molecule is CCCCCCCCCCCCCCCCCC=O.[Cu]. The first-order valence-corrected chi connectivity index (χ1v) is 8.85. The van der Waals surface area contributed by atoms with E-state index in [1.807, 2.05) is 0 Å². The van der Waals surface area contributed by atoms with E-state index in [0.717, 1.165) is 19.1 Å². The number of carbonyl (C=O) groups is 1. The quantitative estimate of drug-likeness (QED) is 0.180. The number of rotatable bonds is 16. The van der Waals surface area contributed by atoms with Gasteiger partial charge in [-0.2, -0.15) is 0 Å². The van der Waals surface area contributed by atoms with Gasteiger partial charge in [-0.25, -0.2) is 0 Å². The van der Waals surface area contributed by atoms with Gasteiger partial charge in [0.1, 0.15) is 6.29 Å². The van der Waals surface area contributed by atoms with E-state index in [0.29, 0.717) is 0 Å². The monoisotopic (exact) mass is 331 g/mol. The minimum absolute atomic E-state index is 0. The van der Waals surface area contributed by atoms with Gasteiger partial charge in [-0.05, 0) is 6.42 Å². The molecule has 1 radical (unpaired) electrons. The zero-order valence-corrected chi connectivity index (χ0v) is 14.5. The summed E-state index contributed by atoms with van der Waals surface area (Å²) in [6.07, 6.45) is 22.6. The third-order valence-corrected chi connectivity index (χ3v) is 3.93. The Hall–Kier alpha value is 0.189. The van der Waals surface area contributed by atoms with Gasteiger partial charge in [-0.3, -0.25) is 0 Å². The zero-order valence-electron chi connectivity index (χ0n) is 13.6. The van der Waals surface area contributed by atoms with E-state index in [-0.39, 0.29) is 17.1 Å². The summed E-state index contributed by atoms with van der Waals surface area (Å²) in [6.45, 7) is 2.28. The van der Waals surface area contributed by atoms with E-state index in [9.17, 15) is 4.79 Å². The van der Waals surface area contributed by atoms with Gasteiger partial charge in [0.25, 0.3) is 0 Å². The van der Waals surface area contributed by atoms with Crippen LogP contribution in [0.25, 0.3) is 0 Å². The van der Waals surface area contributed by atoms with E-state index < -0.39 is 0 Å². The maximum Gasteiger partial charge on any atom is 0.119 e. The second-order valence-electron chi connectivity index (χ2n) is 5.91. The summed E-state index contributed by atoms with van der Waals surface area (Å²) in [4.78, 5) is 10.1. The summed E-state index contributed by atoms with van der Waals surface area (Å²) in [5.74, 6) is 0. The molecule has 0 aromatic rings. The van der Waals surface area contributed by atoms with Crippen LogP contribution in [0.3, 0.4) is 0 Å². The van der Waals surface area contributed by atoms with Crippen molar-refractivity contribution in [3.63, 3.8) is 0 Å². The Balaban J connectivity index is 0. The molecule has 0 heterocycles. The predicted molar refractivity (Wildman–Crippen MR) is 85.6 cm³/mol. The molecule has 0 spiro atoms. The summed E-state index contributed by atoms with van der Waals surface area (Å²) in [5, 5.41) is 0. The molecule has 0 aromatic carbocycles. The maximum absolute atomic E-state index is 10.1. The molecule has 1 nitrogen and oxygen atoms in total. The molecule has 0 bridgehead atoms. The van der Waals surface area contributed by atoms with Crippen LogP contribution in [0.15, 0.2) is 0 Å². The van der Waals surface area contributed by atoms with Gasteiger partial charge in [0.2, 0.25) is 0 Å². The van der Waals surface area contributed by atoms with Crippen molar-refractivity contribution >= 4 is 6.29 Å². The molecule has 0 aliphatic heterocycles. The van der Waals surface area contributed by atoms with Crippen molar-refractivity contribution in [1.82, 2.24) is 0 Å². The molecule has 2 heteroatoms. The van der Waals surface area contributed by atoms with E-state index in [1.165, 1.54) is 89.9 Å². The van der Waals surface area contributed by atoms with Crippen LogP contribution in [-0.4, -0.2) is 6.29 Å². The number of hydrogen-bond donors (Lipinski definition) is 0. The Morgan fingerprint density at radius 1 is 0.550 bits per heavy atom. The maximum atomic E-state index is 10.1. The molecule has 20 heavy (non-hydrogen) atoms. The number of hydrogen-bond acceptors (Lipinski definition) is 1. The van der Waals surface area contributed by atoms with Gasteiger partial charge in [-0.1, -0.05) is 96.8 Å². The van der Waals surface area contributed by atoms with Crippen molar-refractivity contribution < 1.29 is 21.9 Å². The molecule has 0 aliphatic carbocycles. The molecule has 0 saturated heterocycles. The van der Waals surface area contributed by atoms with Crippen LogP contribution in [0, 0.1) is 0 Å². The average Bonchev–Trinajstić information content (AvgIpc) is 2.43. The van der Waals surface area contributed by atoms with E-state index in [1.54, 1.807) is 0 Å². The van der Waals surface area contributed by atoms with Crippen molar-refractivity contribution in [3.05, 3.63) is 0 Å². The molecular formula is C18H36CuO. The largest absolute Gasteiger partial charge is 0.303 e. The Labute approximate surface area is 138 Å². The van der Waals surface area contributed by atoms with E-state index in [4.69, 9.17) is 0 Å². The first-order valence-electron chi connectivity index (χ1n) is 8.85. The van der Waals surface area contributed by atoms with E-state index in [2.05, 4.69) is 6.92 Å². The minimum atomic E-state index is 0. The molecule has 0 rings (SSSR count). The molecule has 0 fully saturated rings. The van der Waals surface area contributed by atoms with Crippen molar-refractivity contribution in [2.75, 3.05) is 0 Å². The topological polar surface area (TPSA) is 17.1 Å². The van der Waals surface area contributed by atoms with Gasteiger partial charge in [-0.15, -0.1) is 0 Å². The summed E-state index contributed by atoms with van der Waals surface area (Å²) in [5.41, 5.74) is 0. The number of aldehydes is 1. The summed E-state index contributed by atoms with van der Waals surface area (Å²) in [7, 11) is 0. The zero-order chi connectivity index (χ0) is 14.0. The Bertz CT molecular complexity index is 171. The third-order valence-electron chi connectivity index (χ3n) is 3.93. The van der Waals surface area contributed by atoms with Crippen molar-refractivity contribution in [3.8, 4) is 0 Å². The molecule has 0 atom stereocenters. The normalized spacial score (nSPS) is 10.2. The Morgan fingerprint density at radius 3 is 1.15 bits per heavy atom. The fourth-order valence-electron chi connectivity index (χ4n) is 2.60. The van der Waals surface area contributed by atoms with Gasteiger partial charge in [0.15, 0.2) is 0 Å². The second kappa shape index (κ2) is 21.5. The molecule has 0 amide bonds. The van der Waals surface area contributed by atoms with Gasteiger partial charge in [0, 0.05) is 23.5 Å². The van der Waals surface area contributed by atoms with E-state index >= 15 is 0 Å². The van der Waals surface area contributed by atoms with Crippen LogP contribution in [0.2, 0.25) is 0 Å². The van der Waals surface area contributed by atoms with Crippen molar-refractivity contribution in [2.45, 2.75) is 110 Å². The molecule has 125 valence electrons. The molecular weight excluding hydrogens is 296 g/mol. The van der Waals surface area contributed by atoms with Crippen LogP contribution in [0.4, 0.5) is 0 Å². The van der Waals surface area contributed by atoms with Gasteiger partial charge in [0.05, 0.1) is 0 Å². The van der Waals surface area contributed by atoms with Gasteiger partial charge >= 0.3 is 0 Å². The fraction of sp³-hybridized carbons (Fsp3) is 0.944. The summed E-state index contributed by atoms with van der Waals surface area (Å²) in [6, 6.07) is 0. The standard InChI is InChI=1S/C18H36O.Cu/c1-2-3-4-5-6-7-8-9-10-11-12-13-14-15-16-17-18-19;/h18H,2-17H2,1H3;. The number of unbranched alkanes of at least 4 members (excludes halogenated alkanes) is 15. The van der Waals surface area contributed by atoms with Crippen LogP contribution in [-0.2, 0) is 21.9 Å². The summed E-state index contributed by atoms with van der Waals surface area (Å²) < 4.78 is 0.